The first-order chi connectivity index (χ1) is 11.6. The SMILES string of the molecule is O=C(c1ccc2ccccc2n1)N1CC(CN2C(=O)COC2=O)C1. The normalized spacial score (nSPS) is 18.0. The topological polar surface area (TPSA) is 79.8 Å². The number of carbonyl (C=O) groups is 3. The number of pyridine rings is 1. The zero-order valence-corrected chi connectivity index (χ0v) is 12.8. The molecular weight excluding hydrogens is 310 g/mol. The molecule has 0 spiro atoms. The smallest absolute Gasteiger partial charge is 0.417 e. The number of fused-ring (bicyclic) bond motifs is 1. The highest BCUT2D eigenvalue weighted by molar-refractivity contribution is 5.98. The molecule has 122 valence electrons. The van der Waals surface area contributed by atoms with Crippen LogP contribution >= 0.6 is 0 Å². The lowest BCUT2D eigenvalue weighted by Crippen LogP contribution is -2.54. The Morgan fingerprint density at radius 2 is 1.96 bits per heavy atom. The van der Waals surface area contributed by atoms with E-state index >= 15 is 0 Å². The van der Waals surface area contributed by atoms with Crippen LogP contribution in [0.1, 0.15) is 10.5 Å². The summed E-state index contributed by atoms with van der Waals surface area (Å²) in [6.07, 6.45) is -0.596. The van der Waals surface area contributed by atoms with Crippen LogP contribution in [0.4, 0.5) is 4.79 Å². The number of cyclic esters (lactones) is 1. The number of rotatable bonds is 3. The number of carbonyl (C=O) groups excluding carboxylic acids is 3. The second-order valence-corrected chi connectivity index (χ2v) is 6.02. The predicted octanol–water partition coefficient (Wildman–Crippen LogP) is 1.29. The van der Waals surface area contributed by atoms with Gasteiger partial charge in [0.1, 0.15) is 5.69 Å². The number of hydrogen-bond donors (Lipinski definition) is 0. The van der Waals surface area contributed by atoms with Gasteiger partial charge in [0.25, 0.3) is 11.8 Å². The van der Waals surface area contributed by atoms with Crippen LogP contribution in [-0.2, 0) is 9.53 Å². The van der Waals surface area contributed by atoms with E-state index in [1.165, 1.54) is 0 Å². The van der Waals surface area contributed by atoms with Crippen molar-refractivity contribution in [3.63, 3.8) is 0 Å². The first kappa shape index (κ1) is 14.6. The number of amides is 3. The summed E-state index contributed by atoms with van der Waals surface area (Å²) in [7, 11) is 0. The predicted molar refractivity (Wildman–Crippen MR) is 84.2 cm³/mol. The molecule has 3 amide bonds. The Hall–Kier alpha value is -2.96. The highest BCUT2D eigenvalue weighted by atomic mass is 16.6. The molecule has 3 heterocycles. The summed E-state index contributed by atoms with van der Waals surface area (Å²) in [6, 6.07) is 11.2. The van der Waals surface area contributed by atoms with Gasteiger partial charge in [-0.25, -0.2) is 14.7 Å². The second kappa shape index (κ2) is 5.59. The van der Waals surface area contributed by atoms with E-state index in [9.17, 15) is 14.4 Å². The molecule has 24 heavy (non-hydrogen) atoms. The number of likely N-dealkylation sites (tertiary alicyclic amines) is 1. The largest absolute Gasteiger partial charge is 0.439 e. The molecule has 0 saturated carbocycles. The van der Waals surface area contributed by atoms with E-state index in [1.54, 1.807) is 11.0 Å². The quantitative estimate of drug-likeness (QED) is 0.849. The van der Waals surface area contributed by atoms with Crippen LogP contribution in [0.5, 0.6) is 0 Å². The number of imide groups is 1. The van der Waals surface area contributed by atoms with E-state index in [0.717, 1.165) is 15.8 Å². The highest BCUT2D eigenvalue weighted by Gasteiger charge is 2.38. The Bertz CT molecular complexity index is 829. The van der Waals surface area contributed by atoms with Gasteiger partial charge in [0.2, 0.25) is 0 Å². The number of benzene rings is 1. The molecular formula is C17H15N3O4. The van der Waals surface area contributed by atoms with Gasteiger partial charge in [-0.3, -0.25) is 9.59 Å². The Morgan fingerprint density at radius 3 is 2.71 bits per heavy atom. The number of ether oxygens (including phenoxy) is 1. The average molecular weight is 325 g/mol. The fraction of sp³-hybridized carbons (Fsp3) is 0.294. The van der Waals surface area contributed by atoms with Crippen LogP contribution in [-0.4, -0.2) is 58.9 Å². The van der Waals surface area contributed by atoms with Crippen molar-refractivity contribution in [2.24, 2.45) is 5.92 Å². The Balaban J connectivity index is 1.40. The fourth-order valence-electron chi connectivity index (χ4n) is 3.01. The third-order valence-corrected chi connectivity index (χ3v) is 4.34. The summed E-state index contributed by atoms with van der Waals surface area (Å²) < 4.78 is 4.68. The highest BCUT2D eigenvalue weighted by Crippen LogP contribution is 2.22. The van der Waals surface area contributed by atoms with Crippen LogP contribution in [0.3, 0.4) is 0 Å². The van der Waals surface area contributed by atoms with E-state index in [2.05, 4.69) is 9.72 Å². The summed E-state index contributed by atoms with van der Waals surface area (Å²) in [6.45, 7) is 1.12. The Kier molecular flexibility index (Phi) is 3.41. The lowest BCUT2D eigenvalue weighted by molar-refractivity contribution is -0.126. The number of para-hydroxylation sites is 1. The van der Waals surface area contributed by atoms with Crippen molar-refractivity contribution in [1.82, 2.24) is 14.8 Å². The fourth-order valence-corrected chi connectivity index (χ4v) is 3.01. The van der Waals surface area contributed by atoms with Crippen molar-refractivity contribution >= 4 is 28.8 Å². The zero-order valence-electron chi connectivity index (χ0n) is 12.8. The van der Waals surface area contributed by atoms with E-state index < -0.39 is 6.09 Å². The molecule has 0 bridgehead atoms. The summed E-state index contributed by atoms with van der Waals surface area (Å²) >= 11 is 0. The molecule has 1 aromatic carbocycles. The van der Waals surface area contributed by atoms with Gasteiger partial charge in [0.15, 0.2) is 6.61 Å². The third-order valence-electron chi connectivity index (χ3n) is 4.34. The molecule has 0 radical (unpaired) electrons. The first-order valence-electron chi connectivity index (χ1n) is 7.74. The van der Waals surface area contributed by atoms with Gasteiger partial charge < -0.3 is 9.64 Å². The van der Waals surface area contributed by atoms with Gasteiger partial charge in [0, 0.05) is 30.9 Å². The summed E-state index contributed by atoms with van der Waals surface area (Å²) in [5.41, 5.74) is 1.19. The summed E-state index contributed by atoms with van der Waals surface area (Å²) in [5, 5.41) is 0.988. The molecule has 7 heteroatoms. The van der Waals surface area contributed by atoms with Gasteiger partial charge in [-0.05, 0) is 12.1 Å². The first-order valence-corrected chi connectivity index (χ1v) is 7.74. The maximum Gasteiger partial charge on any atom is 0.417 e. The molecule has 2 saturated heterocycles. The molecule has 2 aliphatic heterocycles. The molecule has 0 aliphatic carbocycles. The van der Waals surface area contributed by atoms with Gasteiger partial charge in [-0.2, -0.15) is 0 Å². The van der Waals surface area contributed by atoms with Crippen molar-refractivity contribution in [3.05, 3.63) is 42.1 Å². The third kappa shape index (κ3) is 2.47. The monoisotopic (exact) mass is 325 g/mol. The van der Waals surface area contributed by atoms with Crippen molar-refractivity contribution in [3.8, 4) is 0 Å². The molecule has 7 nitrogen and oxygen atoms in total. The molecule has 1 aromatic heterocycles. The molecule has 0 unspecified atom stereocenters. The van der Waals surface area contributed by atoms with E-state index in [0.29, 0.717) is 25.3 Å². The Morgan fingerprint density at radius 1 is 1.17 bits per heavy atom. The van der Waals surface area contributed by atoms with Crippen LogP contribution in [0.25, 0.3) is 10.9 Å². The lowest BCUT2D eigenvalue weighted by Gasteiger charge is -2.40. The second-order valence-electron chi connectivity index (χ2n) is 6.02. The van der Waals surface area contributed by atoms with Gasteiger partial charge in [-0.15, -0.1) is 0 Å². The molecule has 2 aliphatic rings. The van der Waals surface area contributed by atoms with Gasteiger partial charge in [0.05, 0.1) is 5.52 Å². The number of nitrogens with zero attached hydrogens (tertiary/aromatic N) is 3. The molecule has 0 atom stereocenters. The molecule has 0 N–H and O–H groups in total. The minimum Gasteiger partial charge on any atom is -0.439 e. The van der Waals surface area contributed by atoms with Gasteiger partial charge in [-0.1, -0.05) is 24.3 Å². The Labute approximate surface area is 137 Å². The van der Waals surface area contributed by atoms with Crippen LogP contribution in [0.2, 0.25) is 0 Å². The van der Waals surface area contributed by atoms with Crippen LogP contribution in [0.15, 0.2) is 36.4 Å². The summed E-state index contributed by atoms with van der Waals surface area (Å²) in [5.74, 6) is -0.364. The van der Waals surface area contributed by atoms with Gasteiger partial charge >= 0.3 is 6.09 Å². The van der Waals surface area contributed by atoms with E-state index in [1.807, 2.05) is 30.3 Å². The maximum atomic E-state index is 12.5. The molecule has 2 fully saturated rings. The average Bonchev–Trinajstić information content (AvgIpc) is 2.88. The van der Waals surface area contributed by atoms with Crippen molar-refractivity contribution < 1.29 is 19.1 Å². The molecule has 4 rings (SSSR count). The van der Waals surface area contributed by atoms with Crippen molar-refractivity contribution in [2.75, 3.05) is 26.2 Å². The van der Waals surface area contributed by atoms with Crippen LogP contribution in [0, 0.1) is 5.92 Å². The van der Waals surface area contributed by atoms with Crippen molar-refractivity contribution in [1.29, 1.82) is 0 Å². The maximum absolute atomic E-state index is 12.5. The van der Waals surface area contributed by atoms with E-state index in [4.69, 9.17) is 0 Å². The minimum absolute atomic E-state index is 0.0870. The summed E-state index contributed by atoms with van der Waals surface area (Å²) in [4.78, 5) is 42.6. The number of hydrogen-bond acceptors (Lipinski definition) is 5. The number of aromatic nitrogens is 1. The lowest BCUT2D eigenvalue weighted by atomic mass is 9.99. The minimum atomic E-state index is -0.596. The van der Waals surface area contributed by atoms with Crippen molar-refractivity contribution in [2.45, 2.75) is 0 Å². The molecule has 2 aromatic rings. The zero-order chi connectivity index (χ0) is 16.7. The van der Waals surface area contributed by atoms with E-state index in [-0.39, 0.29) is 24.3 Å². The standard InChI is InChI=1S/C17H15N3O4/c21-15-10-24-17(23)20(15)9-11-7-19(8-11)16(22)14-6-5-12-3-1-2-4-13(12)18-14/h1-6,11H,7-10H2. The van der Waals surface area contributed by atoms with Crippen LogP contribution < -0.4 is 0 Å².